The summed E-state index contributed by atoms with van der Waals surface area (Å²) in [5, 5.41) is 10.1. The van der Waals surface area contributed by atoms with Crippen LogP contribution in [0, 0.1) is 0 Å². The number of halogens is 1. The normalized spacial score (nSPS) is 17.5. The first kappa shape index (κ1) is 17.3. The van der Waals surface area contributed by atoms with Gasteiger partial charge in [-0.25, -0.2) is 0 Å². The van der Waals surface area contributed by atoms with Gasteiger partial charge in [-0.3, -0.25) is 9.69 Å². The van der Waals surface area contributed by atoms with E-state index in [1.54, 1.807) is 0 Å². The summed E-state index contributed by atoms with van der Waals surface area (Å²) in [5.41, 5.74) is 1.14. The molecule has 1 heterocycles. The third-order valence-electron chi connectivity index (χ3n) is 4.41. The molecule has 1 aromatic carbocycles. The summed E-state index contributed by atoms with van der Waals surface area (Å²) in [7, 11) is 0. The van der Waals surface area contributed by atoms with Gasteiger partial charge in [-0.1, -0.05) is 30.7 Å². The molecule has 5 heteroatoms. The average molecular weight is 325 g/mol. The molecule has 0 radical (unpaired) electrons. The summed E-state index contributed by atoms with van der Waals surface area (Å²) in [6.45, 7) is 5.51. The van der Waals surface area contributed by atoms with E-state index < -0.39 is 0 Å². The molecule has 1 amide bonds. The minimum absolute atomic E-state index is 0.195. The maximum Gasteiger partial charge on any atom is 0.222 e. The van der Waals surface area contributed by atoms with Crippen molar-refractivity contribution in [1.29, 1.82) is 0 Å². The molecule has 22 heavy (non-hydrogen) atoms. The van der Waals surface area contributed by atoms with Gasteiger partial charge < -0.3 is 10.0 Å². The number of aryl methyl sites for hydroxylation is 1. The van der Waals surface area contributed by atoms with Crippen LogP contribution >= 0.6 is 11.6 Å². The summed E-state index contributed by atoms with van der Waals surface area (Å²) in [6, 6.07) is 7.90. The fraction of sp³-hybridized carbons (Fsp3) is 0.588. The zero-order valence-electron chi connectivity index (χ0n) is 13.2. The van der Waals surface area contributed by atoms with Crippen molar-refractivity contribution in [3.05, 3.63) is 34.9 Å². The lowest BCUT2D eigenvalue weighted by Crippen LogP contribution is -2.52. The second kappa shape index (κ2) is 8.51. The van der Waals surface area contributed by atoms with E-state index in [0.29, 0.717) is 6.42 Å². The van der Waals surface area contributed by atoms with Gasteiger partial charge in [-0.15, -0.1) is 0 Å². The topological polar surface area (TPSA) is 43.8 Å². The second-order valence-corrected chi connectivity index (χ2v) is 6.22. The summed E-state index contributed by atoms with van der Waals surface area (Å²) in [4.78, 5) is 16.5. The van der Waals surface area contributed by atoms with Crippen molar-refractivity contribution < 1.29 is 9.90 Å². The molecule has 0 saturated carbocycles. The number of carbonyl (C=O) groups excluding carboxylic acids is 1. The maximum absolute atomic E-state index is 12.3. The van der Waals surface area contributed by atoms with Crippen molar-refractivity contribution in [3.63, 3.8) is 0 Å². The summed E-state index contributed by atoms with van der Waals surface area (Å²) in [6.07, 6.45) is 2.24. The Bertz CT molecular complexity index is 466. The van der Waals surface area contributed by atoms with E-state index in [1.807, 2.05) is 29.2 Å². The number of hydrogen-bond donors (Lipinski definition) is 1. The molecular formula is C17H25ClN2O2. The standard InChI is InChI=1S/C17H25ClN2O2/c1-2-16(13-21)19-9-11-20(12-10-19)17(22)8-5-14-3-6-15(18)7-4-14/h3-4,6-7,16,21H,2,5,8-13H2,1H3. The molecule has 0 spiro atoms. The van der Waals surface area contributed by atoms with Gasteiger partial charge in [-0.2, -0.15) is 0 Å². The van der Waals surface area contributed by atoms with Crippen LogP contribution in [-0.4, -0.2) is 59.6 Å². The number of aliphatic hydroxyl groups excluding tert-OH is 1. The van der Waals surface area contributed by atoms with Crippen LogP contribution in [0.5, 0.6) is 0 Å². The lowest BCUT2D eigenvalue weighted by molar-refractivity contribution is -0.133. The Morgan fingerprint density at radius 1 is 1.23 bits per heavy atom. The number of rotatable bonds is 6. The molecule has 4 nitrogen and oxygen atoms in total. The molecule has 0 aliphatic carbocycles. The average Bonchev–Trinajstić information content (AvgIpc) is 2.56. The Kier molecular flexibility index (Phi) is 6.68. The highest BCUT2D eigenvalue weighted by Gasteiger charge is 2.24. The van der Waals surface area contributed by atoms with Crippen LogP contribution in [0.25, 0.3) is 0 Å². The molecule has 122 valence electrons. The highest BCUT2D eigenvalue weighted by atomic mass is 35.5. The fourth-order valence-electron chi connectivity index (χ4n) is 2.90. The number of aliphatic hydroxyl groups is 1. The van der Waals surface area contributed by atoms with E-state index in [1.165, 1.54) is 0 Å². The van der Waals surface area contributed by atoms with E-state index in [2.05, 4.69) is 11.8 Å². The van der Waals surface area contributed by atoms with E-state index in [0.717, 1.165) is 49.6 Å². The quantitative estimate of drug-likeness (QED) is 0.872. The van der Waals surface area contributed by atoms with Crippen LogP contribution in [0.15, 0.2) is 24.3 Å². The Morgan fingerprint density at radius 3 is 2.41 bits per heavy atom. The van der Waals surface area contributed by atoms with Crippen molar-refractivity contribution in [2.45, 2.75) is 32.2 Å². The van der Waals surface area contributed by atoms with Crippen molar-refractivity contribution in [3.8, 4) is 0 Å². The van der Waals surface area contributed by atoms with Crippen molar-refractivity contribution >= 4 is 17.5 Å². The molecule has 0 bridgehead atoms. The molecule has 1 aromatic rings. The first-order chi connectivity index (χ1) is 10.6. The zero-order valence-corrected chi connectivity index (χ0v) is 13.9. The lowest BCUT2D eigenvalue weighted by atomic mass is 10.1. The summed E-state index contributed by atoms with van der Waals surface area (Å²) < 4.78 is 0. The highest BCUT2D eigenvalue weighted by molar-refractivity contribution is 6.30. The third kappa shape index (κ3) is 4.70. The molecule has 0 aromatic heterocycles. The summed E-state index contributed by atoms with van der Waals surface area (Å²) in [5.74, 6) is 0.214. The minimum atomic E-state index is 0.195. The fourth-order valence-corrected chi connectivity index (χ4v) is 3.03. The van der Waals surface area contributed by atoms with Gasteiger partial charge >= 0.3 is 0 Å². The Labute approximate surface area is 137 Å². The van der Waals surface area contributed by atoms with Crippen molar-refractivity contribution in [2.75, 3.05) is 32.8 Å². The molecular weight excluding hydrogens is 300 g/mol. The molecule has 1 N–H and O–H groups in total. The van der Waals surface area contributed by atoms with Crippen molar-refractivity contribution in [1.82, 2.24) is 9.80 Å². The predicted octanol–water partition coefficient (Wildman–Crippen LogP) is 2.19. The lowest BCUT2D eigenvalue weighted by Gasteiger charge is -2.38. The molecule has 1 atom stereocenters. The van der Waals surface area contributed by atoms with E-state index >= 15 is 0 Å². The molecule has 1 fully saturated rings. The van der Waals surface area contributed by atoms with Gasteiger partial charge in [0.25, 0.3) is 0 Å². The van der Waals surface area contributed by atoms with Crippen molar-refractivity contribution in [2.24, 2.45) is 0 Å². The first-order valence-electron chi connectivity index (χ1n) is 8.01. The molecule has 2 rings (SSSR count). The van der Waals surface area contributed by atoms with Gasteiger partial charge in [0.1, 0.15) is 0 Å². The molecule has 1 aliphatic heterocycles. The van der Waals surface area contributed by atoms with Gasteiger partial charge in [0.05, 0.1) is 6.61 Å². The maximum atomic E-state index is 12.3. The number of carbonyl (C=O) groups is 1. The highest BCUT2D eigenvalue weighted by Crippen LogP contribution is 2.13. The van der Waals surface area contributed by atoms with Crippen LogP contribution < -0.4 is 0 Å². The number of amides is 1. The van der Waals surface area contributed by atoms with Gasteiger partial charge in [-0.05, 0) is 30.5 Å². The van der Waals surface area contributed by atoms with Crippen LogP contribution in [0.4, 0.5) is 0 Å². The second-order valence-electron chi connectivity index (χ2n) is 5.79. The van der Waals surface area contributed by atoms with Gasteiger partial charge in [0, 0.05) is 43.7 Å². The van der Waals surface area contributed by atoms with E-state index in [9.17, 15) is 9.90 Å². The smallest absolute Gasteiger partial charge is 0.222 e. The van der Waals surface area contributed by atoms with Gasteiger partial charge in [0.2, 0.25) is 5.91 Å². The van der Waals surface area contributed by atoms with Crippen LogP contribution in [0.3, 0.4) is 0 Å². The largest absolute Gasteiger partial charge is 0.395 e. The minimum Gasteiger partial charge on any atom is -0.395 e. The number of piperazine rings is 1. The van der Waals surface area contributed by atoms with Crippen LogP contribution in [0.1, 0.15) is 25.3 Å². The monoisotopic (exact) mass is 324 g/mol. The molecule has 1 aliphatic rings. The summed E-state index contributed by atoms with van der Waals surface area (Å²) >= 11 is 5.86. The Morgan fingerprint density at radius 2 is 1.86 bits per heavy atom. The SMILES string of the molecule is CCC(CO)N1CCN(C(=O)CCc2ccc(Cl)cc2)CC1. The number of benzene rings is 1. The zero-order chi connectivity index (χ0) is 15.9. The predicted molar refractivity (Wildman–Crippen MR) is 89.1 cm³/mol. The van der Waals surface area contributed by atoms with Crippen LogP contribution in [-0.2, 0) is 11.2 Å². The van der Waals surface area contributed by atoms with Gasteiger partial charge in [0.15, 0.2) is 0 Å². The Balaban J connectivity index is 1.76. The third-order valence-corrected chi connectivity index (χ3v) is 4.66. The van der Waals surface area contributed by atoms with Crippen LogP contribution in [0.2, 0.25) is 5.02 Å². The number of hydrogen-bond acceptors (Lipinski definition) is 3. The first-order valence-corrected chi connectivity index (χ1v) is 8.39. The Hall–Kier alpha value is -1.10. The van der Waals surface area contributed by atoms with E-state index in [-0.39, 0.29) is 18.6 Å². The molecule has 1 unspecified atom stereocenters. The number of nitrogens with zero attached hydrogens (tertiary/aromatic N) is 2. The molecule has 1 saturated heterocycles. The van der Waals surface area contributed by atoms with E-state index in [4.69, 9.17) is 11.6 Å².